The molecule has 0 heterocycles. The Labute approximate surface area is 177 Å². The zero-order chi connectivity index (χ0) is 21.3. The van der Waals surface area contributed by atoms with E-state index in [4.69, 9.17) is 14.2 Å². The molecule has 0 fully saturated rings. The van der Waals surface area contributed by atoms with Crippen LogP contribution in [0, 0.1) is 0 Å². The van der Waals surface area contributed by atoms with E-state index in [0.29, 0.717) is 12.2 Å². The smallest absolute Gasteiger partial charge is 0.338 e. The molecule has 4 heteroatoms. The topological polar surface area (TPSA) is 44.8 Å². The van der Waals surface area contributed by atoms with Crippen molar-refractivity contribution in [3.8, 4) is 22.6 Å². The number of benzene rings is 3. The van der Waals surface area contributed by atoms with Crippen LogP contribution >= 0.6 is 0 Å². The fourth-order valence-corrected chi connectivity index (χ4v) is 2.97. The van der Waals surface area contributed by atoms with Gasteiger partial charge in [0.1, 0.15) is 24.2 Å². The van der Waals surface area contributed by atoms with Crippen LogP contribution in [0.25, 0.3) is 11.1 Å². The lowest BCUT2D eigenvalue weighted by molar-refractivity contribution is 0.0337. The third-order valence-electron chi connectivity index (χ3n) is 4.74. The molecule has 0 amide bonds. The first kappa shape index (κ1) is 21.2. The maximum Gasteiger partial charge on any atom is 0.338 e. The number of hydrogen-bond donors (Lipinski definition) is 0. The Bertz CT molecular complexity index is 988. The monoisotopic (exact) mass is 402 g/mol. The number of carbonyl (C=O) groups excluding carboxylic acids is 1. The summed E-state index contributed by atoms with van der Waals surface area (Å²) in [4.78, 5) is 12.5. The molecular formula is C26H26O4. The van der Waals surface area contributed by atoms with Crippen molar-refractivity contribution >= 4 is 5.97 Å². The predicted molar refractivity (Wildman–Crippen MR) is 119 cm³/mol. The molecule has 154 valence electrons. The fourth-order valence-electron chi connectivity index (χ4n) is 2.97. The van der Waals surface area contributed by atoms with Crippen LogP contribution in [0.15, 0.2) is 84.9 Å². The number of carbonyl (C=O) groups is 1. The number of esters is 1. The van der Waals surface area contributed by atoms with Gasteiger partial charge in [-0.2, -0.15) is 0 Å². The first-order valence-corrected chi connectivity index (χ1v) is 9.90. The summed E-state index contributed by atoms with van der Waals surface area (Å²) >= 11 is 0. The van der Waals surface area contributed by atoms with Crippen molar-refractivity contribution in [2.75, 3.05) is 13.7 Å². The van der Waals surface area contributed by atoms with Crippen LogP contribution in [-0.2, 0) is 4.74 Å². The third kappa shape index (κ3) is 5.51. The maximum atomic E-state index is 12.5. The summed E-state index contributed by atoms with van der Waals surface area (Å²) in [5, 5.41) is 0. The second-order valence-electron chi connectivity index (χ2n) is 6.81. The second kappa shape index (κ2) is 10.3. The van der Waals surface area contributed by atoms with E-state index >= 15 is 0 Å². The zero-order valence-corrected chi connectivity index (χ0v) is 17.5. The molecule has 4 nitrogen and oxygen atoms in total. The summed E-state index contributed by atoms with van der Waals surface area (Å²) in [5.41, 5.74) is 3.47. The van der Waals surface area contributed by atoms with Crippen molar-refractivity contribution in [3.63, 3.8) is 0 Å². The van der Waals surface area contributed by atoms with E-state index in [9.17, 15) is 4.79 Å². The lowest BCUT2D eigenvalue weighted by Gasteiger charge is -2.14. The summed E-state index contributed by atoms with van der Waals surface area (Å²) < 4.78 is 16.5. The average molecular weight is 402 g/mol. The van der Waals surface area contributed by atoms with Crippen molar-refractivity contribution in [3.05, 3.63) is 96.1 Å². The minimum atomic E-state index is -0.373. The van der Waals surface area contributed by atoms with Crippen LogP contribution in [-0.4, -0.2) is 19.7 Å². The summed E-state index contributed by atoms with van der Waals surface area (Å²) in [5.74, 6) is 1.20. The summed E-state index contributed by atoms with van der Waals surface area (Å²) in [7, 11) is 1.61. The average Bonchev–Trinajstić information content (AvgIpc) is 2.80. The van der Waals surface area contributed by atoms with E-state index in [1.807, 2.05) is 86.7 Å². The zero-order valence-electron chi connectivity index (χ0n) is 17.5. The highest BCUT2D eigenvalue weighted by Crippen LogP contribution is 2.25. The van der Waals surface area contributed by atoms with Gasteiger partial charge in [-0.25, -0.2) is 4.79 Å². The Hall–Kier alpha value is -3.53. The predicted octanol–water partition coefficient (Wildman–Crippen LogP) is 6.24. The van der Waals surface area contributed by atoms with Crippen LogP contribution < -0.4 is 9.47 Å². The van der Waals surface area contributed by atoms with Crippen molar-refractivity contribution in [1.29, 1.82) is 0 Å². The number of rotatable bonds is 8. The van der Waals surface area contributed by atoms with Crippen LogP contribution in [0.5, 0.6) is 11.5 Å². The summed E-state index contributed by atoms with van der Waals surface area (Å²) in [6.45, 7) is 4.37. The molecule has 3 aromatic carbocycles. The molecule has 0 saturated heterocycles. The number of allylic oxidation sites excluding steroid dienone is 1. The van der Waals surface area contributed by atoms with Crippen molar-refractivity contribution in [2.24, 2.45) is 0 Å². The molecule has 0 bridgehead atoms. The van der Waals surface area contributed by atoms with E-state index in [2.05, 4.69) is 0 Å². The Morgan fingerprint density at radius 1 is 0.933 bits per heavy atom. The number of methoxy groups -OCH3 is 1. The molecule has 1 atom stereocenters. The van der Waals surface area contributed by atoms with Crippen molar-refractivity contribution in [1.82, 2.24) is 0 Å². The molecule has 0 radical (unpaired) electrons. The number of hydrogen-bond acceptors (Lipinski definition) is 4. The third-order valence-corrected chi connectivity index (χ3v) is 4.74. The largest absolute Gasteiger partial charge is 0.497 e. The normalized spacial score (nSPS) is 11.8. The van der Waals surface area contributed by atoms with Gasteiger partial charge in [0.25, 0.3) is 0 Å². The van der Waals surface area contributed by atoms with Gasteiger partial charge in [0, 0.05) is 0 Å². The van der Waals surface area contributed by atoms with Gasteiger partial charge >= 0.3 is 5.97 Å². The van der Waals surface area contributed by atoms with Crippen molar-refractivity contribution in [2.45, 2.75) is 20.0 Å². The Morgan fingerprint density at radius 2 is 1.60 bits per heavy atom. The van der Waals surface area contributed by atoms with Gasteiger partial charge in [-0.15, -0.1) is 0 Å². The molecule has 30 heavy (non-hydrogen) atoms. The Morgan fingerprint density at radius 3 is 2.23 bits per heavy atom. The van der Waals surface area contributed by atoms with Crippen molar-refractivity contribution < 1.29 is 19.0 Å². The first-order chi connectivity index (χ1) is 14.6. The lowest BCUT2D eigenvalue weighted by Crippen LogP contribution is -2.09. The minimum absolute atomic E-state index is 0.357. The van der Waals surface area contributed by atoms with Crippen LogP contribution in [0.4, 0.5) is 0 Å². The Balaban J connectivity index is 1.63. The Kier molecular flexibility index (Phi) is 7.28. The quantitative estimate of drug-likeness (QED) is 0.331. The maximum absolute atomic E-state index is 12.5. The van der Waals surface area contributed by atoms with Crippen LogP contribution in [0.1, 0.15) is 35.9 Å². The van der Waals surface area contributed by atoms with Gasteiger partial charge in [0.15, 0.2) is 0 Å². The molecule has 1 unspecified atom stereocenters. The second-order valence-corrected chi connectivity index (χ2v) is 6.81. The van der Waals surface area contributed by atoms with E-state index in [1.54, 1.807) is 19.2 Å². The van der Waals surface area contributed by atoms with Gasteiger partial charge in [-0.1, -0.05) is 48.6 Å². The van der Waals surface area contributed by atoms with E-state index in [-0.39, 0.29) is 12.1 Å². The molecule has 0 aliphatic carbocycles. The molecule has 0 aliphatic rings. The highest BCUT2D eigenvalue weighted by atomic mass is 16.5. The van der Waals surface area contributed by atoms with E-state index in [1.165, 1.54) is 0 Å². The van der Waals surface area contributed by atoms with Gasteiger partial charge in [0.05, 0.1) is 12.7 Å². The molecular weight excluding hydrogens is 376 g/mol. The lowest BCUT2D eigenvalue weighted by atomic mass is 10.0. The minimum Gasteiger partial charge on any atom is -0.497 e. The van der Waals surface area contributed by atoms with E-state index in [0.717, 1.165) is 28.2 Å². The molecule has 3 aromatic rings. The van der Waals surface area contributed by atoms with Gasteiger partial charge in [0.2, 0.25) is 0 Å². The fraction of sp³-hybridized carbons (Fsp3) is 0.192. The van der Waals surface area contributed by atoms with E-state index < -0.39 is 0 Å². The van der Waals surface area contributed by atoms with Gasteiger partial charge < -0.3 is 14.2 Å². The molecule has 3 rings (SSSR count). The molecule has 0 N–H and O–H groups in total. The first-order valence-electron chi connectivity index (χ1n) is 9.90. The molecule has 0 saturated carbocycles. The summed E-state index contributed by atoms with van der Waals surface area (Å²) in [6.07, 6.45) is 3.54. The highest BCUT2D eigenvalue weighted by Gasteiger charge is 2.14. The highest BCUT2D eigenvalue weighted by molar-refractivity contribution is 5.90. The summed E-state index contributed by atoms with van der Waals surface area (Å²) in [6, 6.07) is 22.8. The standard InChI is InChI=1S/C26H26O4/c1-4-5-17-29-24-15-13-21(14-16-24)20-9-11-22(12-10-20)26(27)30-19(2)23-7-6-8-25(18-23)28-3/h4-16,18-19H,17H2,1-3H3. The molecule has 0 spiro atoms. The SMILES string of the molecule is CC=CCOc1ccc(-c2ccc(C(=O)OC(C)c3cccc(OC)c3)cc2)cc1. The number of ether oxygens (including phenoxy) is 3. The van der Waals surface area contributed by atoms with Gasteiger partial charge in [-0.3, -0.25) is 0 Å². The van der Waals surface area contributed by atoms with Gasteiger partial charge in [-0.05, 0) is 66.9 Å². The van der Waals surface area contributed by atoms with Crippen LogP contribution in [0.3, 0.4) is 0 Å². The molecule has 0 aromatic heterocycles. The molecule has 0 aliphatic heterocycles. The van der Waals surface area contributed by atoms with Crippen LogP contribution in [0.2, 0.25) is 0 Å².